The second-order valence-corrected chi connectivity index (χ2v) is 7.57. The largest absolute Gasteiger partial charge is 0.508 e. The van der Waals surface area contributed by atoms with E-state index >= 15 is 0 Å². The Morgan fingerprint density at radius 2 is 1.68 bits per heavy atom. The number of thiophene rings is 1. The summed E-state index contributed by atoms with van der Waals surface area (Å²) >= 11 is 0.981. The molecular formula is C23H14F2O5S. The summed E-state index contributed by atoms with van der Waals surface area (Å²) < 4.78 is 34.6. The summed E-state index contributed by atoms with van der Waals surface area (Å²) in [7, 11) is 0. The fourth-order valence-electron chi connectivity index (χ4n) is 2.97. The van der Waals surface area contributed by atoms with Gasteiger partial charge >= 0.3 is 5.97 Å². The van der Waals surface area contributed by atoms with E-state index in [9.17, 15) is 23.8 Å². The molecule has 4 rings (SSSR count). The molecule has 8 heteroatoms. The van der Waals surface area contributed by atoms with Gasteiger partial charge in [-0.05, 0) is 59.7 Å². The van der Waals surface area contributed by atoms with E-state index < -0.39 is 23.4 Å². The van der Waals surface area contributed by atoms with Gasteiger partial charge in [-0.1, -0.05) is 12.1 Å². The number of ether oxygens (including phenoxy) is 1. The Hall–Kier alpha value is -3.91. The van der Waals surface area contributed by atoms with Gasteiger partial charge in [-0.3, -0.25) is 0 Å². The Labute approximate surface area is 178 Å². The van der Waals surface area contributed by atoms with Crippen molar-refractivity contribution in [3.63, 3.8) is 0 Å². The SMILES string of the molecule is O=C(O)/C=C/c1ccc(Oc2c(-c3ccc(O)cc3)sc3c(F)c(O)c(F)cc23)cc1. The number of benzene rings is 3. The first-order chi connectivity index (χ1) is 14.8. The van der Waals surface area contributed by atoms with E-state index in [4.69, 9.17) is 9.84 Å². The van der Waals surface area contributed by atoms with E-state index in [1.165, 1.54) is 18.2 Å². The molecule has 0 radical (unpaired) electrons. The summed E-state index contributed by atoms with van der Waals surface area (Å²) in [6, 6.07) is 13.6. The van der Waals surface area contributed by atoms with Crippen LogP contribution in [0.2, 0.25) is 0 Å². The van der Waals surface area contributed by atoms with Crippen molar-refractivity contribution < 1.29 is 33.6 Å². The minimum atomic E-state index is -1.11. The number of aromatic hydroxyl groups is 2. The molecule has 3 aromatic carbocycles. The van der Waals surface area contributed by atoms with Crippen molar-refractivity contribution in [1.29, 1.82) is 0 Å². The zero-order valence-electron chi connectivity index (χ0n) is 15.7. The van der Waals surface area contributed by atoms with Gasteiger partial charge in [-0.15, -0.1) is 11.3 Å². The van der Waals surface area contributed by atoms with Gasteiger partial charge in [0.2, 0.25) is 0 Å². The zero-order chi connectivity index (χ0) is 22.1. The average Bonchev–Trinajstić information content (AvgIpc) is 3.10. The minimum Gasteiger partial charge on any atom is -0.508 e. The third-order valence-corrected chi connectivity index (χ3v) is 5.68. The van der Waals surface area contributed by atoms with Crippen LogP contribution in [-0.4, -0.2) is 21.3 Å². The van der Waals surface area contributed by atoms with E-state index in [-0.39, 0.29) is 21.6 Å². The highest BCUT2D eigenvalue weighted by Crippen LogP contribution is 2.49. The number of aliphatic carboxylic acids is 1. The van der Waals surface area contributed by atoms with Crippen LogP contribution in [0, 0.1) is 11.6 Å². The fourth-order valence-corrected chi connectivity index (χ4v) is 4.12. The highest BCUT2D eigenvalue weighted by Gasteiger charge is 2.23. The number of phenols is 2. The molecule has 0 aliphatic rings. The topological polar surface area (TPSA) is 87.0 Å². The number of carboxylic acids is 1. The number of halogens is 2. The fraction of sp³-hybridized carbons (Fsp3) is 0. The molecule has 0 aliphatic carbocycles. The first-order valence-corrected chi connectivity index (χ1v) is 9.77. The van der Waals surface area contributed by atoms with Crippen LogP contribution in [0.5, 0.6) is 23.0 Å². The lowest BCUT2D eigenvalue weighted by atomic mass is 10.1. The molecule has 0 atom stereocenters. The maximum absolute atomic E-state index is 14.5. The first-order valence-electron chi connectivity index (χ1n) is 8.95. The molecule has 0 bridgehead atoms. The van der Waals surface area contributed by atoms with Crippen molar-refractivity contribution in [3.05, 3.63) is 77.9 Å². The normalized spacial score (nSPS) is 11.3. The lowest BCUT2D eigenvalue weighted by Crippen LogP contribution is -1.88. The molecular weight excluding hydrogens is 426 g/mol. The third kappa shape index (κ3) is 4.06. The van der Waals surface area contributed by atoms with Crippen molar-refractivity contribution in [3.8, 4) is 33.4 Å². The maximum atomic E-state index is 14.5. The molecule has 0 fully saturated rings. The van der Waals surface area contributed by atoms with Crippen LogP contribution in [0.15, 0.2) is 60.7 Å². The van der Waals surface area contributed by atoms with Gasteiger partial charge in [0.1, 0.15) is 11.5 Å². The lowest BCUT2D eigenvalue weighted by molar-refractivity contribution is -0.131. The highest BCUT2D eigenvalue weighted by atomic mass is 32.1. The van der Waals surface area contributed by atoms with E-state index in [2.05, 4.69) is 0 Å². The summed E-state index contributed by atoms with van der Waals surface area (Å²) in [5.74, 6) is -3.73. The number of hydrogen-bond acceptors (Lipinski definition) is 5. The molecule has 5 nitrogen and oxygen atoms in total. The molecule has 3 N–H and O–H groups in total. The first kappa shape index (κ1) is 20.4. The second-order valence-electron chi connectivity index (χ2n) is 6.55. The van der Waals surface area contributed by atoms with Crippen LogP contribution in [-0.2, 0) is 4.79 Å². The molecule has 1 aromatic heterocycles. The third-order valence-electron chi connectivity index (χ3n) is 4.45. The predicted molar refractivity (Wildman–Crippen MR) is 114 cm³/mol. The molecule has 4 aromatic rings. The molecule has 0 aliphatic heterocycles. The Morgan fingerprint density at radius 3 is 2.32 bits per heavy atom. The van der Waals surface area contributed by atoms with Crippen molar-refractivity contribution in [2.24, 2.45) is 0 Å². The van der Waals surface area contributed by atoms with Crippen LogP contribution in [0.1, 0.15) is 5.56 Å². The molecule has 1 heterocycles. The summed E-state index contributed by atoms with van der Waals surface area (Å²) in [6.45, 7) is 0. The van der Waals surface area contributed by atoms with Crippen LogP contribution in [0.3, 0.4) is 0 Å². The number of fused-ring (bicyclic) bond motifs is 1. The smallest absolute Gasteiger partial charge is 0.328 e. The van der Waals surface area contributed by atoms with Gasteiger partial charge < -0.3 is 20.1 Å². The lowest BCUT2D eigenvalue weighted by Gasteiger charge is -2.09. The summed E-state index contributed by atoms with van der Waals surface area (Å²) in [5.41, 5.74) is 1.24. The number of carboxylic acid groups (broad SMARTS) is 1. The van der Waals surface area contributed by atoms with Gasteiger partial charge in [0, 0.05) is 11.5 Å². The molecule has 0 amide bonds. The van der Waals surface area contributed by atoms with E-state index in [0.717, 1.165) is 23.5 Å². The van der Waals surface area contributed by atoms with Crippen molar-refractivity contribution in [2.75, 3.05) is 0 Å². The Kier molecular flexibility index (Phi) is 5.31. The van der Waals surface area contributed by atoms with Crippen molar-refractivity contribution >= 4 is 33.5 Å². The summed E-state index contributed by atoms with van der Waals surface area (Å²) in [5, 5.41) is 28.1. The Balaban J connectivity index is 1.82. The van der Waals surface area contributed by atoms with E-state index in [1.807, 2.05) is 0 Å². The number of rotatable bonds is 5. The Morgan fingerprint density at radius 1 is 1.00 bits per heavy atom. The van der Waals surface area contributed by atoms with E-state index in [1.54, 1.807) is 36.4 Å². The maximum Gasteiger partial charge on any atom is 0.328 e. The summed E-state index contributed by atoms with van der Waals surface area (Å²) in [4.78, 5) is 11.1. The number of carbonyl (C=O) groups is 1. The number of phenolic OH excluding ortho intramolecular Hbond substituents is 2. The molecule has 156 valence electrons. The average molecular weight is 440 g/mol. The Bertz CT molecular complexity index is 1310. The second kappa shape index (κ2) is 8.08. The zero-order valence-corrected chi connectivity index (χ0v) is 16.5. The molecule has 0 unspecified atom stereocenters. The quantitative estimate of drug-likeness (QED) is 0.324. The van der Waals surface area contributed by atoms with Crippen LogP contribution in [0.25, 0.3) is 26.6 Å². The van der Waals surface area contributed by atoms with Crippen LogP contribution < -0.4 is 4.74 Å². The summed E-state index contributed by atoms with van der Waals surface area (Å²) in [6.07, 6.45) is 2.42. The van der Waals surface area contributed by atoms with Gasteiger partial charge in [-0.2, -0.15) is 0 Å². The van der Waals surface area contributed by atoms with Crippen LogP contribution in [0.4, 0.5) is 8.78 Å². The van der Waals surface area contributed by atoms with Crippen molar-refractivity contribution in [2.45, 2.75) is 0 Å². The van der Waals surface area contributed by atoms with Gasteiger partial charge in [0.15, 0.2) is 23.1 Å². The predicted octanol–water partition coefficient (Wildman–Crippen LogP) is 6.15. The van der Waals surface area contributed by atoms with Gasteiger partial charge in [0.25, 0.3) is 0 Å². The number of hydrogen-bond donors (Lipinski definition) is 3. The molecule has 31 heavy (non-hydrogen) atoms. The standard InChI is InChI=1S/C23H14F2O5S/c24-17-11-16-21(30-15-8-1-12(2-9-15)3-10-18(27)28)22(13-4-6-14(26)7-5-13)31-23(16)19(25)20(17)29/h1-11,26,29H,(H,27,28)/b10-3+. The highest BCUT2D eigenvalue weighted by molar-refractivity contribution is 7.22. The molecule has 0 spiro atoms. The van der Waals surface area contributed by atoms with Crippen molar-refractivity contribution in [1.82, 2.24) is 0 Å². The van der Waals surface area contributed by atoms with E-state index in [0.29, 0.717) is 21.8 Å². The minimum absolute atomic E-state index is 0.0259. The molecule has 0 saturated carbocycles. The van der Waals surface area contributed by atoms with Gasteiger partial charge in [-0.25, -0.2) is 13.6 Å². The van der Waals surface area contributed by atoms with Gasteiger partial charge in [0.05, 0.1) is 9.58 Å². The molecule has 0 saturated heterocycles. The monoisotopic (exact) mass is 440 g/mol. The van der Waals surface area contributed by atoms with Crippen LogP contribution >= 0.6 is 11.3 Å².